The van der Waals surface area contributed by atoms with Gasteiger partial charge in [-0.05, 0) is 24.5 Å². The minimum atomic E-state index is 0.657. The Bertz CT molecular complexity index is 310. The summed E-state index contributed by atoms with van der Waals surface area (Å²) >= 11 is 0. The molecule has 0 spiro atoms. The first-order valence-corrected chi connectivity index (χ1v) is 4.19. The summed E-state index contributed by atoms with van der Waals surface area (Å²) in [6, 6.07) is 4.01. The SMILES string of the molecule is CCc1cc(C#N)cnc1CC. The lowest BCUT2D eigenvalue weighted by atomic mass is 10.1. The predicted octanol–water partition coefficient (Wildman–Crippen LogP) is 2.08. The first-order chi connectivity index (χ1) is 5.81. The summed E-state index contributed by atoms with van der Waals surface area (Å²) in [6.07, 6.45) is 3.53. The molecule has 0 amide bonds. The molecule has 0 unspecified atom stereocenters. The largest absolute Gasteiger partial charge is 0.260 e. The predicted molar refractivity (Wildman–Crippen MR) is 47.7 cm³/mol. The maximum absolute atomic E-state index is 8.63. The van der Waals surface area contributed by atoms with Gasteiger partial charge in [-0.15, -0.1) is 0 Å². The molecule has 0 aliphatic heterocycles. The number of nitriles is 1. The molecule has 2 nitrogen and oxygen atoms in total. The van der Waals surface area contributed by atoms with E-state index in [1.807, 2.05) is 6.07 Å². The third-order valence-corrected chi connectivity index (χ3v) is 1.90. The van der Waals surface area contributed by atoms with Gasteiger partial charge in [-0.25, -0.2) is 0 Å². The van der Waals surface area contributed by atoms with Crippen molar-refractivity contribution in [2.45, 2.75) is 26.7 Å². The molecule has 0 N–H and O–H groups in total. The molecule has 2 heteroatoms. The molecule has 0 atom stereocenters. The van der Waals surface area contributed by atoms with Crippen LogP contribution in [0.2, 0.25) is 0 Å². The maximum Gasteiger partial charge on any atom is 0.101 e. The van der Waals surface area contributed by atoms with Crippen molar-refractivity contribution in [2.75, 3.05) is 0 Å². The van der Waals surface area contributed by atoms with Gasteiger partial charge >= 0.3 is 0 Å². The van der Waals surface area contributed by atoms with E-state index in [4.69, 9.17) is 5.26 Å². The topological polar surface area (TPSA) is 36.7 Å². The van der Waals surface area contributed by atoms with Crippen LogP contribution in [0.3, 0.4) is 0 Å². The number of hydrogen-bond acceptors (Lipinski definition) is 2. The van der Waals surface area contributed by atoms with Gasteiger partial charge in [0.25, 0.3) is 0 Å². The first kappa shape index (κ1) is 8.73. The summed E-state index contributed by atoms with van der Waals surface area (Å²) in [6.45, 7) is 4.16. The number of hydrogen-bond donors (Lipinski definition) is 0. The zero-order valence-corrected chi connectivity index (χ0v) is 7.46. The fourth-order valence-electron chi connectivity index (χ4n) is 1.22. The highest BCUT2D eigenvalue weighted by Crippen LogP contribution is 2.09. The Morgan fingerprint density at radius 2 is 2.17 bits per heavy atom. The van der Waals surface area contributed by atoms with E-state index in [0.717, 1.165) is 18.5 Å². The summed E-state index contributed by atoms with van der Waals surface area (Å²) in [7, 11) is 0. The van der Waals surface area contributed by atoms with Crippen LogP contribution >= 0.6 is 0 Å². The average Bonchev–Trinajstić information content (AvgIpc) is 2.16. The fourth-order valence-corrected chi connectivity index (χ4v) is 1.22. The van der Waals surface area contributed by atoms with Gasteiger partial charge in [0.1, 0.15) is 6.07 Å². The van der Waals surface area contributed by atoms with E-state index in [1.54, 1.807) is 6.20 Å². The van der Waals surface area contributed by atoms with Crippen LogP contribution in [0.4, 0.5) is 0 Å². The molecule has 0 aliphatic carbocycles. The highest BCUT2D eigenvalue weighted by atomic mass is 14.7. The second kappa shape index (κ2) is 3.87. The number of pyridine rings is 1. The fraction of sp³-hybridized carbons (Fsp3) is 0.400. The van der Waals surface area contributed by atoms with Crippen LogP contribution in [0.25, 0.3) is 0 Å². The lowest BCUT2D eigenvalue weighted by molar-refractivity contribution is 0.961. The Morgan fingerprint density at radius 1 is 1.42 bits per heavy atom. The zero-order valence-electron chi connectivity index (χ0n) is 7.46. The van der Waals surface area contributed by atoms with Crippen molar-refractivity contribution in [2.24, 2.45) is 0 Å². The average molecular weight is 160 g/mol. The van der Waals surface area contributed by atoms with Crippen LogP contribution in [0.15, 0.2) is 12.3 Å². The van der Waals surface area contributed by atoms with E-state index < -0.39 is 0 Å². The van der Waals surface area contributed by atoms with Crippen LogP contribution in [0.5, 0.6) is 0 Å². The Hall–Kier alpha value is -1.36. The summed E-state index contributed by atoms with van der Waals surface area (Å²) in [5.74, 6) is 0. The van der Waals surface area contributed by atoms with Crippen LogP contribution in [0, 0.1) is 11.3 Å². The molecular weight excluding hydrogens is 148 g/mol. The molecule has 1 heterocycles. The number of rotatable bonds is 2. The molecule has 0 saturated carbocycles. The maximum atomic E-state index is 8.63. The van der Waals surface area contributed by atoms with Crippen molar-refractivity contribution in [1.29, 1.82) is 5.26 Å². The van der Waals surface area contributed by atoms with Gasteiger partial charge < -0.3 is 0 Å². The summed E-state index contributed by atoms with van der Waals surface area (Å²) in [5, 5.41) is 8.63. The second-order valence-corrected chi connectivity index (χ2v) is 2.65. The first-order valence-electron chi connectivity index (χ1n) is 4.19. The van der Waals surface area contributed by atoms with Crippen molar-refractivity contribution < 1.29 is 0 Å². The Morgan fingerprint density at radius 3 is 2.67 bits per heavy atom. The van der Waals surface area contributed by atoms with Gasteiger partial charge in [-0.3, -0.25) is 4.98 Å². The van der Waals surface area contributed by atoms with Gasteiger partial charge in [-0.2, -0.15) is 5.26 Å². The van der Waals surface area contributed by atoms with Crippen LogP contribution in [-0.2, 0) is 12.8 Å². The number of nitrogens with zero attached hydrogens (tertiary/aromatic N) is 2. The van der Waals surface area contributed by atoms with E-state index in [0.29, 0.717) is 5.56 Å². The molecule has 0 fully saturated rings. The van der Waals surface area contributed by atoms with E-state index in [9.17, 15) is 0 Å². The van der Waals surface area contributed by atoms with Crippen LogP contribution < -0.4 is 0 Å². The van der Waals surface area contributed by atoms with Gasteiger partial charge in [0.15, 0.2) is 0 Å². The lowest BCUT2D eigenvalue weighted by Crippen LogP contribution is -1.95. The van der Waals surface area contributed by atoms with E-state index in [2.05, 4.69) is 24.9 Å². The van der Waals surface area contributed by atoms with Gasteiger partial charge in [0, 0.05) is 11.9 Å². The number of aryl methyl sites for hydroxylation is 2. The van der Waals surface area contributed by atoms with Gasteiger partial charge in [0.05, 0.1) is 5.56 Å². The van der Waals surface area contributed by atoms with Crippen molar-refractivity contribution >= 4 is 0 Å². The van der Waals surface area contributed by atoms with E-state index in [-0.39, 0.29) is 0 Å². The third kappa shape index (κ3) is 1.62. The minimum Gasteiger partial charge on any atom is -0.260 e. The third-order valence-electron chi connectivity index (χ3n) is 1.90. The monoisotopic (exact) mass is 160 g/mol. The highest BCUT2D eigenvalue weighted by Gasteiger charge is 2.00. The number of aromatic nitrogens is 1. The molecule has 0 aromatic carbocycles. The Labute approximate surface area is 72.9 Å². The zero-order chi connectivity index (χ0) is 8.97. The summed E-state index contributed by atoms with van der Waals surface area (Å²) in [5.41, 5.74) is 2.96. The minimum absolute atomic E-state index is 0.657. The van der Waals surface area contributed by atoms with Crippen molar-refractivity contribution in [1.82, 2.24) is 4.98 Å². The molecular formula is C10H12N2. The van der Waals surface area contributed by atoms with Crippen molar-refractivity contribution in [3.05, 3.63) is 29.1 Å². The van der Waals surface area contributed by atoms with Crippen LogP contribution in [0.1, 0.15) is 30.7 Å². The van der Waals surface area contributed by atoms with Crippen molar-refractivity contribution in [3.63, 3.8) is 0 Å². The summed E-state index contributed by atoms with van der Waals surface area (Å²) < 4.78 is 0. The lowest BCUT2D eigenvalue weighted by Gasteiger charge is -2.03. The molecule has 12 heavy (non-hydrogen) atoms. The molecule has 0 radical (unpaired) electrons. The second-order valence-electron chi connectivity index (χ2n) is 2.65. The highest BCUT2D eigenvalue weighted by molar-refractivity contribution is 5.32. The van der Waals surface area contributed by atoms with E-state index in [1.165, 1.54) is 5.56 Å². The molecule has 0 bridgehead atoms. The van der Waals surface area contributed by atoms with Crippen molar-refractivity contribution in [3.8, 4) is 6.07 Å². The molecule has 1 aromatic heterocycles. The molecule has 1 aromatic rings. The van der Waals surface area contributed by atoms with Gasteiger partial charge in [-0.1, -0.05) is 13.8 Å². The van der Waals surface area contributed by atoms with E-state index >= 15 is 0 Å². The van der Waals surface area contributed by atoms with Gasteiger partial charge in [0.2, 0.25) is 0 Å². The molecule has 62 valence electrons. The molecule has 1 rings (SSSR count). The Kier molecular flexibility index (Phi) is 2.82. The normalized spacial score (nSPS) is 9.42. The van der Waals surface area contributed by atoms with Crippen LogP contribution in [-0.4, -0.2) is 4.98 Å². The Balaban J connectivity index is 3.13. The standard InChI is InChI=1S/C10H12N2/c1-3-9-5-8(6-11)7-12-10(9)4-2/h5,7H,3-4H2,1-2H3. The smallest absolute Gasteiger partial charge is 0.101 e. The molecule has 0 saturated heterocycles. The molecule has 0 aliphatic rings. The quantitative estimate of drug-likeness (QED) is 0.664. The summed E-state index contributed by atoms with van der Waals surface area (Å²) in [4.78, 5) is 4.22.